The second kappa shape index (κ2) is 60.6. The third kappa shape index (κ3) is 61.9. The van der Waals surface area contributed by atoms with Crippen molar-refractivity contribution < 1.29 is 42.9 Å². The van der Waals surface area contributed by atoms with Gasteiger partial charge in [-0.3, -0.25) is 9.59 Å². The van der Waals surface area contributed by atoms with Crippen molar-refractivity contribution in [3.8, 4) is 0 Å². The molecule has 2 unspecified atom stereocenters. The summed E-state index contributed by atoms with van der Waals surface area (Å²) in [6.45, 7) is 4.75. The lowest BCUT2D eigenvalue weighted by Crippen LogP contribution is -2.40. The zero-order chi connectivity index (χ0) is 57.6. The Bertz CT molecular complexity index is 1570. The molecule has 1 N–H and O–H groups in total. The fraction of sp³-hybridized carbons (Fsp3) is 0.757. The van der Waals surface area contributed by atoms with Crippen LogP contribution in [-0.4, -0.2) is 87.4 Å². The van der Waals surface area contributed by atoms with E-state index in [9.17, 15) is 19.5 Å². The molecule has 0 aliphatic carbocycles. The zero-order valence-electron chi connectivity index (χ0n) is 52.0. The molecule has 9 nitrogen and oxygen atoms in total. The number of likely N-dealkylation sites (N-methyl/N-ethyl adjacent to an activating group) is 1. The summed E-state index contributed by atoms with van der Waals surface area (Å²) in [6, 6.07) is 0. The molecule has 0 aromatic rings. The first-order chi connectivity index (χ1) is 38.6. The lowest BCUT2D eigenvalue weighted by atomic mass is 10.0. The van der Waals surface area contributed by atoms with Crippen molar-refractivity contribution in [3.63, 3.8) is 0 Å². The van der Waals surface area contributed by atoms with E-state index >= 15 is 0 Å². The van der Waals surface area contributed by atoms with E-state index in [1.807, 2.05) is 21.1 Å². The molecular formula is C70H124NO8+. The topological polar surface area (TPSA) is 108 Å². The summed E-state index contributed by atoms with van der Waals surface area (Å²) in [5.74, 6) is -2.03. The van der Waals surface area contributed by atoms with E-state index in [0.29, 0.717) is 23.9 Å². The van der Waals surface area contributed by atoms with E-state index in [1.54, 1.807) is 0 Å². The number of esters is 2. The number of carboxylic acid groups (broad SMARTS) is 1. The van der Waals surface area contributed by atoms with Gasteiger partial charge >= 0.3 is 17.9 Å². The molecular weight excluding hydrogens is 983 g/mol. The molecule has 0 rings (SSSR count). The molecule has 9 heteroatoms. The van der Waals surface area contributed by atoms with Crippen molar-refractivity contribution in [3.05, 3.63) is 85.1 Å². The number of quaternary nitrogens is 1. The van der Waals surface area contributed by atoms with Gasteiger partial charge in [0, 0.05) is 12.8 Å². The Morgan fingerprint density at radius 2 is 0.722 bits per heavy atom. The molecule has 0 heterocycles. The van der Waals surface area contributed by atoms with Crippen LogP contribution in [0.4, 0.5) is 0 Å². The number of unbranched alkanes of at least 4 members (excludes halogenated alkanes) is 31. The van der Waals surface area contributed by atoms with Crippen LogP contribution in [0, 0.1) is 0 Å². The summed E-state index contributed by atoms with van der Waals surface area (Å²) in [4.78, 5) is 37.5. The third-order valence-corrected chi connectivity index (χ3v) is 14.1. The van der Waals surface area contributed by atoms with Crippen molar-refractivity contribution in [2.24, 2.45) is 0 Å². The molecule has 0 saturated carbocycles. The summed E-state index contributed by atoms with van der Waals surface area (Å²) < 4.78 is 22.9. The number of allylic oxidation sites excluding steroid dienone is 14. The van der Waals surface area contributed by atoms with Crippen molar-refractivity contribution >= 4 is 17.9 Å². The van der Waals surface area contributed by atoms with Gasteiger partial charge in [-0.2, -0.15) is 0 Å². The second-order valence-electron chi connectivity index (χ2n) is 23.0. The molecule has 0 aromatic heterocycles. The van der Waals surface area contributed by atoms with Crippen LogP contribution in [0.2, 0.25) is 0 Å². The smallest absolute Gasteiger partial charge is 0.361 e. The van der Waals surface area contributed by atoms with Crippen LogP contribution in [0.15, 0.2) is 85.1 Å². The third-order valence-electron chi connectivity index (χ3n) is 14.1. The maximum absolute atomic E-state index is 12.9. The quantitative estimate of drug-likeness (QED) is 0.0211. The van der Waals surface area contributed by atoms with Crippen LogP contribution in [0.25, 0.3) is 0 Å². The Labute approximate surface area is 487 Å². The normalized spacial score (nSPS) is 13.3. The Morgan fingerprint density at radius 1 is 0.392 bits per heavy atom. The van der Waals surface area contributed by atoms with Gasteiger partial charge in [0.1, 0.15) is 13.2 Å². The van der Waals surface area contributed by atoms with Crippen LogP contribution >= 0.6 is 0 Å². The molecule has 0 bridgehead atoms. The predicted octanol–water partition coefficient (Wildman–Crippen LogP) is 19.9. The van der Waals surface area contributed by atoms with Gasteiger partial charge in [-0.1, -0.05) is 266 Å². The van der Waals surface area contributed by atoms with E-state index < -0.39 is 24.3 Å². The molecule has 0 spiro atoms. The highest BCUT2D eigenvalue weighted by Gasteiger charge is 2.25. The molecule has 79 heavy (non-hydrogen) atoms. The van der Waals surface area contributed by atoms with Crippen LogP contribution in [0.5, 0.6) is 0 Å². The minimum atomic E-state index is -1.52. The van der Waals surface area contributed by atoms with Crippen LogP contribution in [-0.2, 0) is 33.3 Å². The van der Waals surface area contributed by atoms with Crippen LogP contribution < -0.4 is 0 Å². The van der Waals surface area contributed by atoms with Crippen LogP contribution in [0.1, 0.15) is 284 Å². The number of hydrogen-bond donors (Lipinski definition) is 1. The molecule has 0 amide bonds. The van der Waals surface area contributed by atoms with Gasteiger partial charge in [0.15, 0.2) is 6.10 Å². The average Bonchev–Trinajstić information content (AvgIpc) is 3.42. The zero-order valence-corrected chi connectivity index (χ0v) is 52.0. The number of nitrogens with zero attached hydrogens (tertiary/aromatic N) is 1. The van der Waals surface area contributed by atoms with Crippen LogP contribution in [0.3, 0.4) is 0 Å². The molecule has 0 fully saturated rings. The van der Waals surface area contributed by atoms with Gasteiger partial charge < -0.3 is 28.5 Å². The number of carbonyl (C=O) groups excluding carboxylic acids is 2. The molecule has 0 radical (unpaired) electrons. The number of ether oxygens (including phenoxy) is 4. The summed E-state index contributed by atoms with van der Waals surface area (Å²) in [5, 5.41) is 9.72. The van der Waals surface area contributed by atoms with E-state index in [1.165, 1.54) is 161 Å². The first-order valence-corrected chi connectivity index (χ1v) is 32.8. The van der Waals surface area contributed by atoms with Gasteiger partial charge in [-0.05, 0) is 89.9 Å². The number of carbonyl (C=O) groups is 3. The van der Waals surface area contributed by atoms with Gasteiger partial charge in [-0.15, -0.1) is 0 Å². The maximum Gasteiger partial charge on any atom is 0.361 e. The molecule has 2 atom stereocenters. The molecule has 0 saturated heterocycles. The minimum absolute atomic E-state index is 0.181. The first-order valence-electron chi connectivity index (χ1n) is 32.8. The highest BCUT2D eigenvalue weighted by atomic mass is 16.7. The van der Waals surface area contributed by atoms with Crippen molar-refractivity contribution in [2.75, 3.05) is 47.5 Å². The van der Waals surface area contributed by atoms with E-state index in [-0.39, 0.29) is 32.2 Å². The lowest BCUT2D eigenvalue weighted by molar-refractivity contribution is -0.870. The highest BCUT2D eigenvalue weighted by Crippen LogP contribution is 2.17. The minimum Gasteiger partial charge on any atom is -0.477 e. The Morgan fingerprint density at radius 3 is 1.08 bits per heavy atom. The van der Waals surface area contributed by atoms with E-state index in [2.05, 4.69) is 98.9 Å². The number of rotatable bonds is 60. The second-order valence-corrected chi connectivity index (χ2v) is 23.0. The van der Waals surface area contributed by atoms with Crippen molar-refractivity contribution in [2.45, 2.75) is 296 Å². The monoisotopic (exact) mass is 1110 g/mol. The largest absolute Gasteiger partial charge is 0.477 e. The maximum atomic E-state index is 12.9. The van der Waals surface area contributed by atoms with Gasteiger partial charge in [0.05, 0.1) is 34.4 Å². The molecule has 0 aliphatic rings. The molecule has 0 aliphatic heterocycles. The number of aliphatic carboxylic acids is 1. The Hall–Kier alpha value is -3.53. The first kappa shape index (κ1) is 75.5. The summed E-state index contributed by atoms with van der Waals surface area (Å²) >= 11 is 0. The van der Waals surface area contributed by atoms with E-state index in [0.717, 1.165) is 89.9 Å². The summed E-state index contributed by atoms with van der Waals surface area (Å²) in [5.41, 5.74) is 0. The summed E-state index contributed by atoms with van der Waals surface area (Å²) in [7, 11) is 5.96. The van der Waals surface area contributed by atoms with Gasteiger partial charge in [0.2, 0.25) is 0 Å². The Balaban J connectivity index is 4.12. The standard InChI is InChI=1S/C70H123NO8/c1-6-8-10-12-14-16-18-20-22-24-26-28-29-30-31-32-33-34-35-36-37-38-39-41-42-44-46-48-50-52-54-56-58-60-67(72)77-64-66(65-78-70(69(74)75)76-63-62-71(3,4)5)79-68(73)61-59-57-55-53-51-49-47-45-43-40-27-25-23-21-19-17-15-13-11-9-7-2/h9,11,15,17-18,20-21,23-24,26-27,40,45,47,66,70H,6-8,10,12-14,16,19,22,25,28-39,41-44,46,48-65H2,1-5H3/p+1/b11-9-,17-15-,20-18-,23-21-,26-24-,40-27-,47-45-. The average molecular weight is 1110 g/mol. The molecule has 456 valence electrons. The van der Waals surface area contributed by atoms with Gasteiger partial charge in [-0.25, -0.2) is 4.79 Å². The number of hydrogen-bond acceptors (Lipinski definition) is 7. The SMILES string of the molecule is CC/C=C\C/C=C\C/C=C\C/C=C\C/C=C\CCCCCCCC(=O)OC(COC(=O)CCCCCCCCCCCCCCCCCCCCCCC/C=C\C/C=C\CCCCCCC)COC(OCC[N+](C)(C)C)C(=O)O. The molecule has 0 aromatic carbocycles. The lowest BCUT2D eigenvalue weighted by Gasteiger charge is -2.25. The van der Waals surface area contributed by atoms with E-state index in [4.69, 9.17) is 18.9 Å². The fourth-order valence-electron chi connectivity index (χ4n) is 9.13. The van der Waals surface area contributed by atoms with Crippen molar-refractivity contribution in [1.29, 1.82) is 0 Å². The summed E-state index contributed by atoms with van der Waals surface area (Å²) in [6.07, 6.45) is 78.3. The predicted molar refractivity (Wildman–Crippen MR) is 336 cm³/mol. The van der Waals surface area contributed by atoms with Crippen molar-refractivity contribution in [1.82, 2.24) is 0 Å². The Kier molecular flexibility index (Phi) is 57.9. The number of carboxylic acids is 1. The fourth-order valence-corrected chi connectivity index (χ4v) is 9.13. The highest BCUT2D eigenvalue weighted by molar-refractivity contribution is 5.71. The van der Waals surface area contributed by atoms with Gasteiger partial charge in [0.25, 0.3) is 6.29 Å².